The van der Waals surface area contributed by atoms with E-state index in [0.29, 0.717) is 10.0 Å². The van der Waals surface area contributed by atoms with E-state index in [1.807, 2.05) is 0 Å². The van der Waals surface area contributed by atoms with Crippen molar-refractivity contribution in [2.45, 2.75) is 12.6 Å². The smallest absolute Gasteiger partial charge is 0.294 e. The molecule has 0 saturated carbocycles. The molecule has 0 aliphatic carbocycles. The Morgan fingerprint density at radius 3 is 2.19 bits per heavy atom. The lowest BCUT2D eigenvalue weighted by Crippen LogP contribution is -2.08. The summed E-state index contributed by atoms with van der Waals surface area (Å²) in [5, 5.41) is 0. The second kappa shape index (κ2) is 5.97. The minimum Gasteiger partial charge on any atom is -0.294 e. The van der Waals surface area contributed by atoms with Crippen molar-refractivity contribution in [3.8, 4) is 0 Å². The molecule has 6 heteroatoms. The Kier molecular flexibility index (Phi) is 4.46. The van der Waals surface area contributed by atoms with E-state index >= 15 is 0 Å². The fourth-order valence-corrected chi connectivity index (χ4v) is 2.14. The molecule has 0 saturated heterocycles. The third kappa shape index (κ3) is 3.91. The standard InChI is InChI=1S/C15H9BrF4O/c16-11-5-6-12(13(17)8-11)14(21)7-9-1-3-10(4-2-9)15(18,19)20/h1-6,8H,7H2. The summed E-state index contributed by atoms with van der Waals surface area (Å²) in [4.78, 5) is 12.0. The van der Waals surface area contributed by atoms with Crippen molar-refractivity contribution in [2.24, 2.45) is 0 Å². The normalized spacial score (nSPS) is 11.5. The summed E-state index contributed by atoms with van der Waals surface area (Å²) in [6, 6.07) is 8.28. The lowest BCUT2D eigenvalue weighted by molar-refractivity contribution is -0.137. The zero-order chi connectivity index (χ0) is 15.6. The van der Waals surface area contributed by atoms with Gasteiger partial charge in [-0.1, -0.05) is 28.1 Å². The van der Waals surface area contributed by atoms with Gasteiger partial charge in [-0.05, 0) is 35.9 Å². The highest BCUT2D eigenvalue weighted by molar-refractivity contribution is 9.10. The third-order valence-corrected chi connectivity index (χ3v) is 3.37. The molecule has 0 amide bonds. The summed E-state index contributed by atoms with van der Waals surface area (Å²) >= 11 is 3.08. The van der Waals surface area contributed by atoms with Gasteiger partial charge in [0.25, 0.3) is 0 Å². The maximum Gasteiger partial charge on any atom is 0.416 e. The first kappa shape index (κ1) is 15.7. The lowest BCUT2D eigenvalue weighted by Gasteiger charge is -2.07. The third-order valence-electron chi connectivity index (χ3n) is 2.88. The fourth-order valence-electron chi connectivity index (χ4n) is 1.81. The molecular formula is C15H9BrF4O. The van der Waals surface area contributed by atoms with E-state index in [0.717, 1.165) is 12.1 Å². The van der Waals surface area contributed by atoms with Crippen molar-refractivity contribution in [1.82, 2.24) is 0 Å². The number of hydrogen-bond donors (Lipinski definition) is 0. The number of rotatable bonds is 3. The van der Waals surface area contributed by atoms with Gasteiger partial charge in [0.2, 0.25) is 0 Å². The average Bonchev–Trinajstić information content (AvgIpc) is 2.38. The van der Waals surface area contributed by atoms with Gasteiger partial charge in [0, 0.05) is 10.9 Å². The number of benzene rings is 2. The molecule has 0 bridgehead atoms. The van der Waals surface area contributed by atoms with Crippen LogP contribution in [0.3, 0.4) is 0 Å². The first-order chi connectivity index (χ1) is 9.77. The highest BCUT2D eigenvalue weighted by Crippen LogP contribution is 2.29. The zero-order valence-corrected chi connectivity index (χ0v) is 12.1. The Labute approximate surface area is 126 Å². The van der Waals surface area contributed by atoms with Crippen LogP contribution in [0.4, 0.5) is 17.6 Å². The lowest BCUT2D eigenvalue weighted by atomic mass is 10.0. The highest BCUT2D eigenvalue weighted by Gasteiger charge is 2.30. The van der Waals surface area contributed by atoms with Gasteiger partial charge in [0.15, 0.2) is 5.78 Å². The van der Waals surface area contributed by atoms with E-state index < -0.39 is 23.3 Å². The SMILES string of the molecule is O=C(Cc1ccc(C(F)(F)F)cc1)c1ccc(Br)cc1F. The fraction of sp³-hybridized carbons (Fsp3) is 0.133. The van der Waals surface area contributed by atoms with Gasteiger partial charge < -0.3 is 0 Å². The van der Waals surface area contributed by atoms with Crippen LogP contribution in [0.2, 0.25) is 0 Å². The molecule has 110 valence electrons. The highest BCUT2D eigenvalue weighted by atomic mass is 79.9. The topological polar surface area (TPSA) is 17.1 Å². The Hall–Kier alpha value is -1.69. The predicted octanol–water partition coefficient (Wildman–Crippen LogP) is 5.03. The molecule has 0 fully saturated rings. The molecule has 0 N–H and O–H groups in total. The van der Waals surface area contributed by atoms with Crippen molar-refractivity contribution in [3.05, 3.63) is 69.4 Å². The molecule has 0 aliphatic heterocycles. The van der Waals surface area contributed by atoms with Gasteiger partial charge in [0.05, 0.1) is 11.1 Å². The largest absolute Gasteiger partial charge is 0.416 e. The minimum atomic E-state index is -4.42. The van der Waals surface area contributed by atoms with Crippen molar-refractivity contribution in [3.63, 3.8) is 0 Å². The Morgan fingerprint density at radius 1 is 1.05 bits per heavy atom. The van der Waals surface area contributed by atoms with E-state index in [2.05, 4.69) is 15.9 Å². The number of ketones is 1. The van der Waals surface area contributed by atoms with Crippen LogP contribution in [0.15, 0.2) is 46.9 Å². The number of halogens is 5. The molecule has 0 unspecified atom stereocenters. The molecule has 0 aromatic heterocycles. The second-order valence-electron chi connectivity index (χ2n) is 4.42. The van der Waals surface area contributed by atoms with Gasteiger partial charge in [-0.15, -0.1) is 0 Å². The number of alkyl halides is 3. The van der Waals surface area contributed by atoms with Crippen molar-refractivity contribution in [2.75, 3.05) is 0 Å². The summed E-state index contributed by atoms with van der Waals surface area (Å²) < 4.78 is 51.4. The van der Waals surface area contributed by atoms with Crippen LogP contribution in [-0.2, 0) is 12.6 Å². The molecule has 0 aliphatic rings. The van der Waals surface area contributed by atoms with Gasteiger partial charge >= 0.3 is 6.18 Å². The Balaban J connectivity index is 2.16. The molecule has 2 rings (SSSR count). The number of carbonyl (C=O) groups is 1. The molecule has 0 spiro atoms. The molecule has 0 radical (unpaired) electrons. The summed E-state index contributed by atoms with van der Waals surface area (Å²) in [6.07, 6.45) is -4.57. The quantitative estimate of drug-likeness (QED) is 0.554. The maximum atomic E-state index is 13.6. The van der Waals surface area contributed by atoms with Gasteiger partial charge in [0.1, 0.15) is 5.82 Å². The summed E-state index contributed by atoms with van der Waals surface area (Å²) in [5.74, 6) is -1.15. The maximum absolute atomic E-state index is 13.6. The van der Waals surface area contributed by atoms with Crippen molar-refractivity contribution >= 4 is 21.7 Å². The first-order valence-corrected chi connectivity index (χ1v) is 6.71. The molecule has 0 heterocycles. The van der Waals surface area contributed by atoms with Gasteiger partial charge in [-0.2, -0.15) is 13.2 Å². The van der Waals surface area contributed by atoms with Crippen LogP contribution in [0, 0.1) is 5.82 Å². The van der Waals surface area contributed by atoms with Crippen molar-refractivity contribution < 1.29 is 22.4 Å². The summed E-state index contributed by atoms with van der Waals surface area (Å²) in [5.41, 5.74) is -0.470. The van der Waals surface area contributed by atoms with E-state index in [9.17, 15) is 22.4 Å². The molecule has 2 aromatic rings. The van der Waals surface area contributed by atoms with Crippen LogP contribution in [-0.4, -0.2) is 5.78 Å². The number of Topliss-reactive ketones (excluding diaryl/α,β-unsaturated/α-hetero) is 1. The monoisotopic (exact) mass is 360 g/mol. The number of hydrogen-bond acceptors (Lipinski definition) is 1. The molecular weight excluding hydrogens is 352 g/mol. The minimum absolute atomic E-state index is 0.0851. The van der Waals surface area contributed by atoms with Crippen LogP contribution < -0.4 is 0 Å². The van der Waals surface area contributed by atoms with Gasteiger partial charge in [-0.3, -0.25) is 4.79 Å². The van der Waals surface area contributed by atoms with Crippen molar-refractivity contribution in [1.29, 1.82) is 0 Å². The zero-order valence-electron chi connectivity index (χ0n) is 10.5. The predicted molar refractivity (Wildman–Crippen MR) is 73.6 cm³/mol. The van der Waals surface area contributed by atoms with Crippen LogP contribution in [0.1, 0.15) is 21.5 Å². The van der Waals surface area contributed by atoms with E-state index in [4.69, 9.17) is 0 Å². The molecule has 21 heavy (non-hydrogen) atoms. The summed E-state index contributed by atoms with van der Waals surface area (Å²) in [7, 11) is 0. The van der Waals surface area contributed by atoms with Crippen LogP contribution in [0.5, 0.6) is 0 Å². The number of carbonyl (C=O) groups excluding carboxylic acids is 1. The Morgan fingerprint density at radius 2 is 1.67 bits per heavy atom. The summed E-state index contributed by atoms with van der Waals surface area (Å²) in [6.45, 7) is 0. The van der Waals surface area contributed by atoms with Crippen LogP contribution >= 0.6 is 15.9 Å². The molecule has 0 atom stereocenters. The second-order valence-corrected chi connectivity index (χ2v) is 5.33. The van der Waals surface area contributed by atoms with E-state index in [1.165, 1.54) is 30.3 Å². The van der Waals surface area contributed by atoms with Gasteiger partial charge in [-0.25, -0.2) is 4.39 Å². The molecule has 1 nitrogen and oxygen atoms in total. The van der Waals surface area contributed by atoms with Crippen LogP contribution in [0.25, 0.3) is 0 Å². The Bertz CT molecular complexity index is 662. The van der Waals surface area contributed by atoms with E-state index in [1.54, 1.807) is 0 Å². The first-order valence-electron chi connectivity index (χ1n) is 5.92. The average molecular weight is 361 g/mol. The van der Waals surface area contributed by atoms with E-state index in [-0.39, 0.29) is 12.0 Å². The molecule has 2 aromatic carbocycles.